The Balaban J connectivity index is 1.98. The minimum atomic E-state index is -0.0149. The first-order valence-electron chi connectivity index (χ1n) is 6.28. The van der Waals surface area contributed by atoms with Crippen molar-refractivity contribution in [2.75, 3.05) is 5.73 Å². The van der Waals surface area contributed by atoms with Crippen molar-refractivity contribution >= 4 is 22.2 Å². The Labute approximate surface area is 115 Å². The molecule has 1 saturated carbocycles. The number of nitrogen functional groups attached to an aromatic ring is 1. The van der Waals surface area contributed by atoms with Gasteiger partial charge in [0.1, 0.15) is 0 Å². The van der Waals surface area contributed by atoms with Crippen molar-refractivity contribution < 1.29 is 4.79 Å². The van der Waals surface area contributed by atoms with E-state index in [-0.39, 0.29) is 5.91 Å². The van der Waals surface area contributed by atoms with Gasteiger partial charge in [-0.15, -0.1) is 11.3 Å². The van der Waals surface area contributed by atoms with Crippen LogP contribution in [0.1, 0.15) is 28.1 Å². The third-order valence-electron chi connectivity index (χ3n) is 3.21. The van der Waals surface area contributed by atoms with Crippen molar-refractivity contribution in [2.45, 2.75) is 25.8 Å². The van der Waals surface area contributed by atoms with Crippen molar-refractivity contribution in [3.8, 4) is 11.3 Å². The summed E-state index contributed by atoms with van der Waals surface area (Å²) < 4.78 is 0. The number of nitrogens with one attached hydrogen (secondary N) is 1. The van der Waals surface area contributed by atoms with E-state index in [1.54, 1.807) is 6.20 Å². The maximum atomic E-state index is 12.1. The van der Waals surface area contributed by atoms with Gasteiger partial charge in [-0.05, 0) is 37.5 Å². The molecule has 0 aliphatic heterocycles. The van der Waals surface area contributed by atoms with Gasteiger partial charge in [0.15, 0.2) is 0 Å². The van der Waals surface area contributed by atoms with Gasteiger partial charge < -0.3 is 11.1 Å². The van der Waals surface area contributed by atoms with E-state index in [1.165, 1.54) is 11.3 Å². The van der Waals surface area contributed by atoms with Gasteiger partial charge in [0.25, 0.3) is 5.91 Å². The average Bonchev–Trinajstić information content (AvgIpc) is 3.15. The van der Waals surface area contributed by atoms with Crippen LogP contribution in [0, 0.1) is 6.92 Å². The summed E-state index contributed by atoms with van der Waals surface area (Å²) in [5, 5.41) is 3.65. The van der Waals surface area contributed by atoms with Gasteiger partial charge in [-0.3, -0.25) is 9.78 Å². The molecule has 4 nitrogen and oxygen atoms in total. The highest BCUT2D eigenvalue weighted by atomic mass is 32.1. The molecule has 0 saturated heterocycles. The summed E-state index contributed by atoms with van der Waals surface area (Å²) in [4.78, 5) is 17.1. The highest BCUT2D eigenvalue weighted by Crippen LogP contribution is 2.37. The molecule has 1 fully saturated rings. The molecule has 0 atom stereocenters. The third kappa shape index (κ3) is 2.33. The number of hydrogen-bond acceptors (Lipinski definition) is 4. The number of amides is 1. The number of rotatable bonds is 3. The van der Waals surface area contributed by atoms with E-state index in [4.69, 9.17) is 5.73 Å². The number of nitrogens with two attached hydrogens (primary N) is 1. The summed E-state index contributed by atoms with van der Waals surface area (Å²) in [6.45, 7) is 1.93. The van der Waals surface area contributed by atoms with Crippen molar-refractivity contribution in [3.05, 3.63) is 34.8 Å². The van der Waals surface area contributed by atoms with E-state index < -0.39 is 0 Å². The van der Waals surface area contributed by atoms with Crippen LogP contribution in [-0.4, -0.2) is 16.9 Å². The summed E-state index contributed by atoms with van der Waals surface area (Å²) in [5.74, 6) is -0.0149. The lowest BCUT2D eigenvalue weighted by Gasteiger charge is -2.03. The second-order valence-corrected chi connectivity index (χ2v) is 5.81. The molecule has 3 N–H and O–H groups in total. The Morgan fingerprint density at radius 2 is 2.26 bits per heavy atom. The van der Waals surface area contributed by atoms with Gasteiger partial charge in [0.2, 0.25) is 0 Å². The smallest absolute Gasteiger partial charge is 0.261 e. The van der Waals surface area contributed by atoms with Crippen LogP contribution in [0.15, 0.2) is 24.4 Å². The quantitative estimate of drug-likeness (QED) is 0.903. The first-order valence-corrected chi connectivity index (χ1v) is 7.09. The van der Waals surface area contributed by atoms with Crippen molar-refractivity contribution in [3.63, 3.8) is 0 Å². The van der Waals surface area contributed by atoms with E-state index in [0.29, 0.717) is 15.9 Å². The molecule has 0 bridgehead atoms. The predicted octanol–water partition coefficient (Wildman–Crippen LogP) is 2.59. The second kappa shape index (κ2) is 4.66. The van der Waals surface area contributed by atoms with Gasteiger partial charge in [0.05, 0.1) is 15.6 Å². The zero-order valence-electron chi connectivity index (χ0n) is 10.6. The number of carbonyl (C=O) groups excluding carboxylic acids is 1. The van der Waals surface area contributed by atoms with E-state index in [9.17, 15) is 4.79 Å². The maximum absolute atomic E-state index is 12.1. The topological polar surface area (TPSA) is 68.0 Å². The van der Waals surface area contributed by atoms with Gasteiger partial charge in [-0.25, -0.2) is 0 Å². The average molecular weight is 273 g/mol. The molecule has 2 aromatic rings. The molecule has 1 aliphatic rings. The molecular weight excluding hydrogens is 258 g/mol. The SMILES string of the molecule is Cc1c(C(=O)NC2CC2)sc(N)c1-c1ccccn1. The third-order valence-corrected chi connectivity index (χ3v) is 4.33. The van der Waals surface area contributed by atoms with Crippen LogP contribution in [0.3, 0.4) is 0 Å². The van der Waals surface area contributed by atoms with Crippen LogP contribution in [0.4, 0.5) is 5.00 Å². The summed E-state index contributed by atoms with van der Waals surface area (Å²) >= 11 is 1.34. The molecule has 0 aromatic carbocycles. The number of nitrogens with zero attached hydrogens (tertiary/aromatic N) is 1. The predicted molar refractivity (Wildman–Crippen MR) is 77.2 cm³/mol. The molecule has 0 radical (unpaired) electrons. The number of anilines is 1. The fourth-order valence-electron chi connectivity index (χ4n) is 2.06. The van der Waals surface area contributed by atoms with Crippen LogP contribution in [0.2, 0.25) is 0 Å². The fraction of sp³-hybridized carbons (Fsp3) is 0.286. The van der Waals surface area contributed by atoms with Crippen molar-refractivity contribution in [1.82, 2.24) is 10.3 Å². The van der Waals surface area contributed by atoms with Crippen LogP contribution in [0.25, 0.3) is 11.3 Å². The minimum Gasteiger partial charge on any atom is -0.390 e. The monoisotopic (exact) mass is 273 g/mol. The summed E-state index contributed by atoms with van der Waals surface area (Å²) in [7, 11) is 0. The second-order valence-electron chi connectivity index (χ2n) is 4.76. The minimum absolute atomic E-state index is 0.0149. The molecule has 2 aromatic heterocycles. The van der Waals surface area contributed by atoms with Crippen molar-refractivity contribution in [2.24, 2.45) is 0 Å². The van der Waals surface area contributed by atoms with E-state index in [0.717, 1.165) is 29.7 Å². The molecule has 1 amide bonds. The molecule has 5 heteroatoms. The first-order chi connectivity index (χ1) is 9.16. The largest absolute Gasteiger partial charge is 0.390 e. The Bertz CT molecular complexity index is 617. The summed E-state index contributed by atoms with van der Waals surface area (Å²) in [6.07, 6.45) is 3.90. The molecule has 0 spiro atoms. The zero-order valence-corrected chi connectivity index (χ0v) is 11.5. The standard InChI is InChI=1S/C14H15N3OS/c1-8-11(10-4-2-3-7-16-10)13(15)19-12(8)14(18)17-9-5-6-9/h2-4,7,9H,5-6,15H2,1H3,(H,17,18). The van der Waals surface area contributed by atoms with Gasteiger partial charge in [-0.2, -0.15) is 0 Å². The summed E-state index contributed by atoms with van der Waals surface area (Å²) in [5.41, 5.74) is 8.67. The lowest BCUT2D eigenvalue weighted by atomic mass is 10.1. The highest BCUT2D eigenvalue weighted by Gasteiger charge is 2.27. The zero-order chi connectivity index (χ0) is 13.4. The number of carbonyl (C=O) groups is 1. The Hall–Kier alpha value is -1.88. The number of pyridine rings is 1. The number of hydrogen-bond donors (Lipinski definition) is 2. The first kappa shape index (κ1) is 12.2. The van der Waals surface area contributed by atoms with Crippen LogP contribution < -0.4 is 11.1 Å². The molecular formula is C14H15N3OS. The Morgan fingerprint density at radius 1 is 1.47 bits per heavy atom. The molecule has 98 valence electrons. The van der Waals surface area contributed by atoms with Gasteiger partial charge in [-0.1, -0.05) is 6.07 Å². The molecule has 19 heavy (non-hydrogen) atoms. The fourth-order valence-corrected chi connectivity index (χ4v) is 3.05. The Morgan fingerprint density at radius 3 is 2.89 bits per heavy atom. The molecule has 1 aliphatic carbocycles. The normalized spacial score (nSPS) is 14.4. The lowest BCUT2D eigenvalue weighted by Crippen LogP contribution is -2.25. The number of aromatic nitrogens is 1. The summed E-state index contributed by atoms with van der Waals surface area (Å²) in [6, 6.07) is 6.05. The lowest BCUT2D eigenvalue weighted by molar-refractivity contribution is 0.0954. The maximum Gasteiger partial charge on any atom is 0.261 e. The van der Waals surface area contributed by atoms with E-state index >= 15 is 0 Å². The molecule has 3 rings (SSSR count). The number of thiophene rings is 1. The van der Waals surface area contributed by atoms with E-state index in [2.05, 4.69) is 10.3 Å². The highest BCUT2D eigenvalue weighted by molar-refractivity contribution is 7.18. The Kier molecular flexibility index (Phi) is 2.98. The van der Waals surface area contributed by atoms with Gasteiger partial charge in [0, 0.05) is 17.8 Å². The van der Waals surface area contributed by atoms with Gasteiger partial charge >= 0.3 is 0 Å². The van der Waals surface area contributed by atoms with Crippen LogP contribution in [0.5, 0.6) is 0 Å². The van der Waals surface area contributed by atoms with Crippen LogP contribution >= 0.6 is 11.3 Å². The molecule has 2 heterocycles. The van der Waals surface area contributed by atoms with E-state index in [1.807, 2.05) is 25.1 Å². The van der Waals surface area contributed by atoms with Crippen LogP contribution in [-0.2, 0) is 0 Å². The molecule has 0 unspecified atom stereocenters. The van der Waals surface area contributed by atoms with Crippen molar-refractivity contribution in [1.29, 1.82) is 0 Å².